The van der Waals surface area contributed by atoms with Crippen molar-refractivity contribution in [1.82, 2.24) is 5.32 Å². The van der Waals surface area contributed by atoms with Crippen molar-refractivity contribution in [2.45, 2.75) is 32.7 Å². The molecule has 0 heterocycles. The Balaban J connectivity index is 2.46. The zero-order valence-corrected chi connectivity index (χ0v) is 12.8. The van der Waals surface area contributed by atoms with Crippen molar-refractivity contribution in [2.75, 3.05) is 18.4 Å². The Hall–Kier alpha value is -1.96. The molecule has 1 aromatic rings. The van der Waals surface area contributed by atoms with Crippen molar-refractivity contribution in [3.05, 3.63) is 24.3 Å². The van der Waals surface area contributed by atoms with Gasteiger partial charge in [-0.3, -0.25) is 4.99 Å². The number of alkyl halides is 3. The summed E-state index contributed by atoms with van der Waals surface area (Å²) in [7, 11) is 0. The van der Waals surface area contributed by atoms with Gasteiger partial charge < -0.3 is 21.1 Å². The number of rotatable bonds is 5. The third-order valence-electron chi connectivity index (χ3n) is 2.41. The van der Waals surface area contributed by atoms with Crippen LogP contribution in [0, 0.1) is 0 Å². The fourth-order valence-electron chi connectivity index (χ4n) is 1.53. The van der Waals surface area contributed by atoms with Crippen LogP contribution in [0.3, 0.4) is 0 Å². The Bertz CT molecular complexity index is 492. The first-order valence-corrected chi connectivity index (χ1v) is 6.73. The van der Waals surface area contributed by atoms with E-state index < -0.39 is 6.36 Å². The van der Waals surface area contributed by atoms with Gasteiger partial charge in [0.2, 0.25) is 0 Å². The highest BCUT2D eigenvalue weighted by molar-refractivity contribution is 5.92. The highest BCUT2D eigenvalue weighted by Crippen LogP contribution is 2.23. The standard InChI is InChI=1S/C14H21F3N4O/c1-13(2,3)20-9-8-19-12(18)21-10-4-6-11(7-5-10)22-14(15,16)17/h4-7,20H,8-9H2,1-3H3,(H3,18,19,21). The molecule has 0 saturated carbocycles. The zero-order valence-electron chi connectivity index (χ0n) is 12.8. The van der Waals surface area contributed by atoms with Crippen LogP contribution in [-0.2, 0) is 0 Å². The van der Waals surface area contributed by atoms with Crippen molar-refractivity contribution in [2.24, 2.45) is 10.7 Å². The molecule has 0 saturated heterocycles. The fourth-order valence-corrected chi connectivity index (χ4v) is 1.53. The Labute approximate surface area is 127 Å². The number of nitrogens with zero attached hydrogens (tertiary/aromatic N) is 1. The molecule has 0 bridgehead atoms. The molecule has 4 N–H and O–H groups in total. The van der Waals surface area contributed by atoms with E-state index in [1.165, 1.54) is 24.3 Å². The van der Waals surface area contributed by atoms with Gasteiger partial charge in [0.05, 0.1) is 6.54 Å². The first kappa shape index (κ1) is 18.1. The highest BCUT2D eigenvalue weighted by Gasteiger charge is 2.30. The number of nitrogens with two attached hydrogens (primary N) is 1. The number of aliphatic imine (C=N–C) groups is 1. The first-order chi connectivity index (χ1) is 10.1. The van der Waals surface area contributed by atoms with Gasteiger partial charge in [-0.2, -0.15) is 0 Å². The van der Waals surface area contributed by atoms with E-state index in [2.05, 4.69) is 20.4 Å². The minimum Gasteiger partial charge on any atom is -0.406 e. The Kier molecular flexibility index (Phi) is 6.04. The fraction of sp³-hybridized carbons (Fsp3) is 0.500. The molecular weight excluding hydrogens is 297 g/mol. The maximum absolute atomic E-state index is 12.0. The average Bonchev–Trinajstić information content (AvgIpc) is 2.34. The Morgan fingerprint density at radius 1 is 1.18 bits per heavy atom. The van der Waals surface area contributed by atoms with Crippen LogP contribution in [0.1, 0.15) is 20.8 Å². The molecule has 0 fully saturated rings. The van der Waals surface area contributed by atoms with E-state index in [1.54, 1.807) is 0 Å². The van der Waals surface area contributed by atoms with Crippen LogP contribution < -0.4 is 21.1 Å². The largest absolute Gasteiger partial charge is 0.573 e. The minimum absolute atomic E-state index is 0.00598. The van der Waals surface area contributed by atoms with E-state index in [0.717, 1.165) is 0 Å². The van der Waals surface area contributed by atoms with Crippen molar-refractivity contribution >= 4 is 11.6 Å². The second-order valence-corrected chi connectivity index (χ2v) is 5.64. The summed E-state index contributed by atoms with van der Waals surface area (Å²) in [6.07, 6.45) is -4.70. The lowest BCUT2D eigenvalue weighted by atomic mass is 10.1. The molecule has 1 rings (SSSR count). The van der Waals surface area contributed by atoms with Crippen LogP contribution in [0.2, 0.25) is 0 Å². The lowest BCUT2D eigenvalue weighted by molar-refractivity contribution is -0.274. The molecule has 0 amide bonds. The van der Waals surface area contributed by atoms with Crippen LogP contribution in [0.15, 0.2) is 29.3 Å². The van der Waals surface area contributed by atoms with Crippen molar-refractivity contribution < 1.29 is 17.9 Å². The molecular formula is C14H21F3N4O. The van der Waals surface area contributed by atoms with E-state index in [1.807, 2.05) is 20.8 Å². The van der Waals surface area contributed by atoms with Crippen LogP contribution in [0.25, 0.3) is 0 Å². The zero-order chi connectivity index (χ0) is 16.8. The topological polar surface area (TPSA) is 71.7 Å². The monoisotopic (exact) mass is 318 g/mol. The summed E-state index contributed by atoms with van der Waals surface area (Å²) < 4.78 is 39.9. The number of halogens is 3. The molecule has 0 unspecified atom stereocenters. The van der Waals surface area contributed by atoms with Gasteiger partial charge in [-0.15, -0.1) is 13.2 Å². The summed E-state index contributed by atoms with van der Waals surface area (Å²) in [5.74, 6) is -0.0943. The third kappa shape index (κ3) is 8.35. The molecule has 1 aromatic carbocycles. The van der Waals surface area contributed by atoms with Gasteiger partial charge in [-0.05, 0) is 45.0 Å². The molecule has 0 atom stereocenters. The highest BCUT2D eigenvalue weighted by atomic mass is 19.4. The molecule has 0 aliphatic heterocycles. The number of hydrogen-bond acceptors (Lipinski definition) is 3. The van der Waals surface area contributed by atoms with E-state index in [9.17, 15) is 13.2 Å². The quantitative estimate of drug-likeness (QED) is 0.443. The van der Waals surface area contributed by atoms with Gasteiger partial charge in [0.1, 0.15) is 5.75 Å². The number of hydrogen-bond donors (Lipinski definition) is 3. The maximum atomic E-state index is 12.0. The minimum atomic E-state index is -4.70. The van der Waals surface area contributed by atoms with Crippen molar-refractivity contribution in [1.29, 1.82) is 0 Å². The number of anilines is 1. The van der Waals surface area contributed by atoms with Crippen molar-refractivity contribution in [3.63, 3.8) is 0 Å². The van der Waals surface area contributed by atoms with Gasteiger partial charge in [0.25, 0.3) is 0 Å². The maximum Gasteiger partial charge on any atom is 0.573 e. The van der Waals surface area contributed by atoms with E-state index in [0.29, 0.717) is 18.8 Å². The molecule has 8 heteroatoms. The van der Waals surface area contributed by atoms with Gasteiger partial charge in [0, 0.05) is 17.8 Å². The average molecular weight is 318 g/mol. The Morgan fingerprint density at radius 3 is 2.27 bits per heavy atom. The summed E-state index contributed by atoms with van der Waals surface area (Å²) in [5, 5.41) is 6.05. The smallest absolute Gasteiger partial charge is 0.406 e. The molecule has 5 nitrogen and oxygen atoms in total. The normalized spacial score (nSPS) is 13.1. The van der Waals surface area contributed by atoms with Gasteiger partial charge >= 0.3 is 6.36 Å². The summed E-state index contributed by atoms with van der Waals surface area (Å²) in [6, 6.07) is 5.25. The molecule has 0 radical (unpaired) electrons. The predicted octanol–water partition coefficient (Wildman–Crippen LogP) is 2.70. The van der Waals surface area contributed by atoms with Gasteiger partial charge in [-0.1, -0.05) is 0 Å². The summed E-state index contributed by atoms with van der Waals surface area (Å²) in [4.78, 5) is 4.11. The SMILES string of the molecule is CC(C)(C)NCCN=C(N)Nc1ccc(OC(F)(F)F)cc1. The predicted molar refractivity (Wildman–Crippen MR) is 81.0 cm³/mol. The van der Waals surface area contributed by atoms with Gasteiger partial charge in [-0.25, -0.2) is 0 Å². The summed E-state index contributed by atoms with van der Waals surface area (Å²) in [5.41, 5.74) is 6.23. The molecule has 0 aromatic heterocycles. The molecule has 0 aliphatic rings. The number of nitrogens with one attached hydrogen (secondary N) is 2. The summed E-state index contributed by atoms with van der Waals surface area (Å²) >= 11 is 0. The van der Waals surface area contributed by atoms with Crippen LogP contribution in [0.5, 0.6) is 5.75 Å². The molecule has 124 valence electrons. The number of benzene rings is 1. The second-order valence-electron chi connectivity index (χ2n) is 5.64. The number of ether oxygens (including phenoxy) is 1. The molecule has 0 aliphatic carbocycles. The van der Waals surface area contributed by atoms with E-state index in [-0.39, 0.29) is 17.2 Å². The molecule has 0 spiro atoms. The van der Waals surface area contributed by atoms with Crippen LogP contribution in [0.4, 0.5) is 18.9 Å². The van der Waals surface area contributed by atoms with Crippen molar-refractivity contribution in [3.8, 4) is 5.75 Å². The van der Waals surface area contributed by atoms with Gasteiger partial charge in [0.15, 0.2) is 5.96 Å². The first-order valence-electron chi connectivity index (χ1n) is 6.73. The second kappa shape index (κ2) is 7.35. The third-order valence-corrected chi connectivity index (χ3v) is 2.41. The van der Waals surface area contributed by atoms with E-state index in [4.69, 9.17) is 5.73 Å². The Morgan fingerprint density at radius 2 is 1.77 bits per heavy atom. The van der Waals surface area contributed by atoms with E-state index >= 15 is 0 Å². The lowest BCUT2D eigenvalue weighted by Crippen LogP contribution is -2.37. The summed E-state index contributed by atoms with van der Waals surface area (Å²) in [6.45, 7) is 7.30. The lowest BCUT2D eigenvalue weighted by Gasteiger charge is -2.19. The van der Waals surface area contributed by atoms with Crippen LogP contribution >= 0.6 is 0 Å². The van der Waals surface area contributed by atoms with Crippen LogP contribution in [-0.4, -0.2) is 31.0 Å². The molecule has 22 heavy (non-hydrogen) atoms. The number of guanidine groups is 1.